The summed E-state index contributed by atoms with van der Waals surface area (Å²) in [6.07, 6.45) is 5.08. The van der Waals surface area contributed by atoms with Gasteiger partial charge >= 0.3 is 0 Å². The van der Waals surface area contributed by atoms with Crippen LogP contribution in [0, 0.1) is 11.7 Å². The second kappa shape index (κ2) is 8.57. The smallest absolute Gasteiger partial charge is 0.229 e. The van der Waals surface area contributed by atoms with Crippen molar-refractivity contribution in [2.75, 3.05) is 23.3 Å². The molecule has 0 saturated carbocycles. The van der Waals surface area contributed by atoms with Crippen LogP contribution in [0.15, 0.2) is 60.9 Å². The van der Waals surface area contributed by atoms with Crippen molar-refractivity contribution in [2.45, 2.75) is 12.8 Å². The molecule has 2 aromatic carbocycles. The number of nitrogens with one attached hydrogen (secondary N) is 1. The van der Waals surface area contributed by atoms with E-state index in [1.807, 2.05) is 11.0 Å². The number of rotatable bonds is 4. The molecule has 0 unspecified atom stereocenters. The van der Waals surface area contributed by atoms with Crippen LogP contribution < -0.4 is 10.2 Å². The minimum Gasteiger partial charge on any atom is -0.340 e. The Hall–Kier alpha value is -2.99. The van der Waals surface area contributed by atoms with Crippen molar-refractivity contribution in [3.63, 3.8) is 0 Å². The number of piperidine rings is 1. The van der Waals surface area contributed by atoms with Crippen LogP contribution in [-0.4, -0.2) is 29.0 Å². The maximum Gasteiger partial charge on any atom is 0.229 e. The lowest BCUT2D eigenvalue weighted by Crippen LogP contribution is -2.41. The Morgan fingerprint density at radius 2 is 1.86 bits per heavy atom. The third-order valence-electron chi connectivity index (χ3n) is 4.98. The van der Waals surface area contributed by atoms with E-state index in [1.165, 1.54) is 12.1 Å². The van der Waals surface area contributed by atoms with Crippen LogP contribution in [0.2, 0.25) is 5.02 Å². The van der Waals surface area contributed by atoms with Crippen molar-refractivity contribution in [1.29, 1.82) is 0 Å². The third-order valence-corrected chi connectivity index (χ3v) is 5.23. The summed E-state index contributed by atoms with van der Waals surface area (Å²) >= 11 is 5.89. The lowest BCUT2D eigenvalue weighted by atomic mass is 9.97. The second-order valence-electron chi connectivity index (χ2n) is 7.06. The first-order valence-corrected chi connectivity index (χ1v) is 9.85. The Morgan fingerprint density at radius 3 is 2.59 bits per heavy atom. The molecule has 1 aliphatic heterocycles. The molecular weight excluding hydrogens is 391 g/mol. The van der Waals surface area contributed by atoms with Gasteiger partial charge in [-0.2, -0.15) is 0 Å². The van der Waals surface area contributed by atoms with Gasteiger partial charge in [0, 0.05) is 41.8 Å². The molecule has 0 radical (unpaired) electrons. The molecule has 4 rings (SSSR count). The first kappa shape index (κ1) is 19.3. The molecule has 0 aliphatic carbocycles. The Bertz CT molecular complexity index is 994. The highest BCUT2D eigenvalue weighted by molar-refractivity contribution is 6.30. The number of amides is 1. The molecule has 2 heterocycles. The molecule has 1 saturated heterocycles. The van der Waals surface area contributed by atoms with Gasteiger partial charge in [0.25, 0.3) is 0 Å². The molecule has 7 heteroatoms. The van der Waals surface area contributed by atoms with Crippen molar-refractivity contribution in [2.24, 2.45) is 5.92 Å². The van der Waals surface area contributed by atoms with Crippen LogP contribution in [-0.2, 0) is 4.79 Å². The van der Waals surface area contributed by atoms with Crippen LogP contribution in [0.25, 0.3) is 11.1 Å². The molecule has 1 N–H and O–H groups in total. The number of halogens is 2. The normalized spacial score (nSPS) is 16.5. The molecule has 29 heavy (non-hydrogen) atoms. The van der Waals surface area contributed by atoms with E-state index in [0.29, 0.717) is 17.5 Å². The van der Waals surface area contributed by atoms with Crippen molar-refractivity contribution in [3.05, 3.63) is 71.8 Å². The fourth-order valence-corrected chi connectivity index (χ4v) is 3.58. The number of carbonyl (C=O) groups is 1. The van der Waals surface area contributed by atoms with E-state index in [4.69, 9.17) is 11.6 Å². The molecule has 5 nitrogen and oxygen atoms in total. The monoisotopic (exact) mass is 410 g/mol. The summed E-state index contributed by atoms with van der Waals surface area (Å²) in [5, 5.41) is 3.58. The highest BCUT2D eigenvalue weighted by Crippen LogP contribution is 2.24. The maximum absolute atomic E-state index is 13.4. The average molecular weight is 411 g/mol. The van der Waals surface area contributed by atoms with Gasteiger partial charge in [-0.1, -0.05) is 23.7 Å². The van der Waals surface area contributed by atoms with Gasteiger partial charge < -0.3 is 10.2 Å². The first-order chi connectivity index (χ1) is 14.1. The average Bonchev–Trinajstić information content (AvgIpc) is 2.75. The van der Waals surface area contributed by atoms with Crippen molar-refractivity contribution in [3.8, 4) is 11.1 Å². The number of carbonyl (C=O) groups excluding carboxylic acids is 1. The lowest BCUT2D eigenvalue weighted by Gasteiger charge is -2.32. The minimum atomic E-state index is -0.294. The van der Waals surface area contributed by atoms with E-state index in [2.05, 4.69) is 15.3 Å². The van der Waals surface area contributed by atoms with E-state index >= 15 is 0 Å². The molecular formula is C22H20ClFN4O. The van der Waals surface area contributed by atoms with Crippen LogP contribution in [0.4, 0.5) is 16.0 Å². The predicted molar refractivity (Wildman–Crippen MR) is 112 cm³/mol. The zero-order chi connectivity index (χ0) is 20.2. The van der Waals surface area contributed by atoms with E-state index in [-0.39, 0.29) is 17.6 Å². The Morgan fingerprint density at radius 1 is 1.10 bits per heavy atom. The second-order valence-corrected chi connectivity index (χ2v) is 7.50. The summed E-state index contributed by atoms with van der Waals surface area (Å²) in [7, 11) is 0. The summed E-state index contributed by atoms with van der Waals surface area (Å²) in [5.41, 5.74) is 2.21. The van der Waals surface area contributed by atoms with Crippen molar-refractivity contribution >= 4 is 29.1 Å². The zero-order valence-corrected chi connectivity index (χ0v) is 16.4. The largest absolute Gasteiger partial charge is 0.340 e. The van der Waals surface area contributed by atoms with Gasteiger partial charge in [-0.05, 0) is 54.8 Å². The molecule has 0 spiro atoms. The lowest BCUT2D eigenvalue weighted by molar-refractivity contribution is -0.120. The van der Waals surface area contributed by atoms with E-state index in [9.17, 15) is 9.18 Å². The number of nitrogens with zero attached hydrogens (tertiary/aromatic N) is 3. The standard InChI is InChI=1S/C22H20ClFN4O/c23-18-6-8-20(9-7-18)27-21(29)16-4-2-10-28(14-16)22-25-12-17(13-26-22)15-3-1-5-19(24)11-15/h1,3,5-9,11-13,16H,2,4,10,14H2,(H,27,29)/t16-/m1/s1. The van der Waals surface area contributed by atoms with Crippen molar-refractivity contribution < 1.29 is 9.18 Å². The predicted octanol–water partition coefficient (Wildman–Crippen LogP) is 4.79. The van der Waals surface area contributed by atoms with E-state index < -0.39 is 0 Å². The SMILES string of the molecule is O=C(Nc1ccc(Cl)cc1)[C@@H]1CCCN(c2ncc(-c3cccc(F)c3)cn2)C1. The van der Waals surface area contributed by atoms with Gasteiger partial charge in [-0.15, -0.1) is 0 Å². The molecule has 0 bridgehead atoms. The van der Waals surface area contributed by atoms with Crippen LogP contribution in [0.3, 0.4) is 0 Å². The van der Waals surface area contributed by atoms with E-state index in [0.717, 1.165) is 36.2 Å². The molecule has 3 aromatic rings. The summed E-state index contributed by atoms with van der Waals surface area (Å²) in [5.74, 6) is 0.116. The fraction of sp³-hybridized carbons (Fsp3) is 0.227. The summed E-state index contributed by atoms with van der Waals surface area (Å²) < 4.78 is 13.4. The number of hydrogen-bond donors (Lipinski definition) is 1. The molecule has 148 valence electrons. The fourth-order valence-electron chi connectivity index (χ4n) is 3.45. The minimum absolute atomic E-state index is 0.0200. The Labute approximate surface area is 173 Å². The van der Waals surface area contributed by atoms with Gasteiger partial charge in [0.15, 0.2) is 0 Å². The number of hydrogen-bond acceptors (Lipinski definition) is 4. The Balaban J connectivity index is 1.42. The van der Waals surface area contributed by atoms with Crippen LogP contribution in [0.1, 0.15) is 12.8 Å². The molecule has 1 aromatic heterocycles. The van der Waals surface area contributed by atoms with Gasteiger partial charge in [-0.25, -0.2) is 14.4 Å². The Kier molecular flexibility index (Phi) is 5.71. The summed E-state index contributed by atoms with van der Waals surface area (Å²) in [4.78, 5) is 23.6. The quantitative estimate of drug-likeness (QED) is 0.671. The number of aromatic nitrogens is 2. The number of anilines is 2. The molecule has 1 fully saturated rings. The zero-order valence-electron chi connectivity index (χ0n) is 15.7. The molecule has 1 atom stereocenters. The highest BCUT2D eigenvalue weighted by Gasteiger charge is 2.27. The summed E-state index contributed by atoms with van der Waals surface area (Å²) in [6.45, 7) is 1.35. The van der Waals surface area contributed by atoms with Gasteiger partial charge in [-0.3, -0.25) is 4.79 Å². The highest BCUT2D eigenvalue weighted by atomic mass is 35.5. The third kappa shape index (κ3) is 4.71. The van der Waals surface area contributed by atoms with Crippen molar-refractivity contribution in [1.82, 2.24) is 9.97 Å². The summed E-state index contributed by atoms with van der Waals surface area (Å²) in [6, 6.07) is 13.4. The first-order valence-electron chi connectivity index (χ1n) is 9.48. The van der Waals surface area contributed by atoms with Gasteiger partial charge in [0.2, 0.25) is 11.9 Å². The van der Waals surface area contributed by atoms with Crippen LogP contribution >= 0.6 is 11.6 Å². The molecule has 1 aliphatic rings. The van der Waals surface area contributed by atoms with Gasteiger partial charge in [0.1, 0.15) is 5.82 Å². The topological polar surface area (TPSA) is 58.1 Å². The maximum atomic E-state index is 13.4. The van der Waals surface area contributed by atoms with Crippen LogP contribution in [0.5, 0.6) is 0 Å². The molecule has 1 amide bonds. The van der Waals surface area contributed by atoms with Gasteiger partial charge in [0.05, 0.1) is 5.92 Å². The van der Waals surface area contributed by atoms with E-state index in [1.54, 1.807) is 42.7 Å². The number of benzene rings is 2.